The number of aromatic nitrogens is 1. The molecule has 0 saturated carbocycles. The van der Waals surface area contributed by atoms with Gasteiger partial charge in [0.05, 0.1) is 23.8 Å². The molecular weight excluding hydrogens is 399 g/mol. The first-order valence-electron chi connectivity index (χ1n) is 10.6. The Labute approximate surface area is 178 Å². The first kappa shape index (κ1) is 19.8. The molecule has 0 unspecified atom stereocenters. The van der Waals surface area contributed by atoms with E-state index in [1.807, 2.05) is 12.1 Å². The molecule has 1 aliphatic heterocycles. The quantitative estimate of drug-likeness (QED) is 0.419. The molecule has 2 aromatic carbocycles. The fourth-order valence-electron chi connectivity index (χ4n) is 4.27. The van der Waals surface area contributed by atoms with E-state index in [0.717, 1.165) is 50.0 Å². The van der Waals surface area contributed by atoms with Crippen molar-refractivity contribution in [3.63, 3.8) is 0 Å². The Kier molecular flexibility index (Phi) is 5.42. The van der Waals surface area contributed by atoms with Gasteiger partial charge in [0, 0.05) is 23.9 Å². The second-order valence-corrected chi connectivity index (χ2v) is 7.95. The van der Waals surface area contributed by atoms with Crippen LogP contribution in [0.5, 0.6) is 5.95 Å². The number of fused-ring (bicyclic) bond motifs is 2. The molecule has 0 N–H and O–H groups in total. The fraction of sp³-hybridized carbons (Fsp3) is 0.333. The molecule has 1 aliphatic rings. The molecule has 0 atom stereocenters. The predicted molar refractivity (Wildman–Crippen MR) is 115 cm³/mol. The van der Waals surface area contributed by atoms with Crippen LogP contribution in [-0.2, 0) is 0 Å². The Morgan fingerprint density at radius 3 is 2.77 bits per heavy atom. The topological polar surface area (TPSA) is 68.7 Å². The summed E-state index contributed by atoms with van der Waals surface area (Å²) >= 11 is 0. The smallest absolute Gasteiger partial charge is 0.288 e. The summed E-state index contributed by atoms with van der Waals surface area (Å²) in [7, 11) is 0. The summed E-state index contributed by atoms with van der Waals surface area (Å²) in [6, 6.07) is 13.2. The van der Waals surface area contributed by atoms with Crippen LogP contribution in [-0.4, -0.2) is 36.3 Å². The maximum absolute atomic E-state index is 13.4. The predicted octanol–water partition coefficient (Wildman–Crippen LogP) is 4.72. The van der Waals surface area contributed by atoms with Gasteiger partial charge in [-0.05, 0) is 56.6 Å². The van der Waals surface area contributed by atoms with E-state index in [2.05, 4.69) is 10.1 Å². The van der Waals surface area contributed by atoms with E-state index in [-0.39, 0.29) is 17.2 Å². The SMILES string of the molecule is O=c1cc(OCCCN2CCC(c3noc4cc(F)ccc34)CC2)oc2ccccc12. The van der Waals surface area contributed by atoms with Gasteiger partial charge in [0.25, 0.3) is 5.95 Å². The third-order valence-corrected chi connectivity index (χ3v) is 5.91. The lowest BCUT2D eigenvalue weighted by atomic mass is 9.91. The molecule has 4 aromatic rings. The molecule has 0 amide bonds. The van der Waals surface area contributed by atoms with Crippen molar-refractivity contribution in [2.75, 3.05) is 26.2 Å². The van der Waals surface area contributed by atoms with E-state index >= 15 is 0 Å². The fourth-order valence-corrected chi connectivity index (χ4v) is 4.27. The highest BCUT2D eigenvalue weighted by molar-refractivity contribution is 5.80. The van der Waals surface area contributed by atoms with Crippen molar-refractivity contribution in [2.45, 2.75) is 25.2 Å². The van der Waals surface area contributed by atoms with E-state index in [0.29, 0.717) is 29.1 Å². The minimum atomic E-state index is -0.310. The first-order valence-corrected chi connectivity index (χ1v) is 10.6. The molecule has 160 valence electrons. The van der Waals surface area contributed by atoms with Crippen molar-refractivity contribution in [2.24, 2.45) is 0 Å². The minimum Gasteiger partial charge on any atom is -0.465 e. The molecule has 3 heterocycles. The molecule has 0 aliphatic carbocycles. The Balaban J connectivity index is 1.11. The number of piperidine rings is 1. The van der Waals surface area contributed by atoms with Crippen LogP contribution < -0.4 is 10.2 Å². The number of halogens is 1. The number of nitrogens with zero attached hydrogens (tertiary/aromatic N) is 2. The van der Waals surface area contributed by atoms with Gasteiger partial charge in [-0.15, -0.1) is 0 Å². The highest BCUT2D eigenvalue weighted by atomic mass is 19.1. The Hall–Kier alpha value is -3.19. The Morgan fingerprint density at radius 2 is 1.90 bits per heavy atom. The van der Waals surface area contributed by atoms with Gasteiger partial charge < -0.3 is 18.6 Å². The second-order valence-electron chi connectivity index (χ2n) is 7.95. The van der Waals surface area contributed by atoms with Crippen LogP contribution >= 0.6 is 0 Å². The van der Waals surface area contributed by atoms with E-state index in [9.17, 15) is 9.18 Å². The van der Waals surface area contributed by atoms with Gasteiger partial charge >= 0.3 is 0 Å². The van der Waals surface area contributed by atoms with E-state index in [4.69, 9.17) is 13.7 Å². The zero-order chi connectivity index (χ0) is 21.2. The Bertz CT molecular complexity index is 1260. The van der Waals surface area contributed by atoms with Gasteiger partial charge in [-0.3, -0.25) is 4.79 Å². The summed E-state index contributed by atoms with van der Waals surface area (Å²) in [6.45, 7) is 3.33. The van der Waals surface area contributed by atoms with Crippen LogP contribution in [0, 0.1) is 5.82 Å². The summed E-state index contributed by atoms with van der Waals surface area (Å²) in [6.07, 6.45) is 2.81. The van der Waals surface area contributed by atoms with E-state index in [1.54, 1.807) is 18.2 Å². The number of hydrogen-bond acceptors (Lipinski definition) is 6. The third kappa shape index (κ3) is 4.18. The Morgan fingerprint density at radius 1 is 1.06 bits per heavy atom. The van der Waals surface area contributed by atoms with Gasteiger partial charge in [0.2, 0.25) is 0 Å². The summed E-state index contributed by atoms with van der Waals surface area (Å²) < 4.78 is 30.0. The first-order chi connectivity index (χ1) is 15.2. The van der Waals surface area contributed by atoms with Crippen LogP contribution in [0.2, 0.25) is 0 Å². The zero-order valence-corrected chi connectivity index (χ0v) is 17.1. The lowest BCUT2D eigenvalue weighted by molar-refractivity contribution is 0.180. The molecule has 2 aromatic heterocycles. The van der Waals surface area contributed by atoms with Crippen molar-refractivity contribution >= 4 is 21.9 Å². The third-order valence-electron chi connectivity index (χ3n) is 5.91. The molecule has 7 heteroatoms. The molecule has 1 saturated heterocycles. The normalized spacial score (nSPS) is 15.6. The number of para-hydroxylation sites is 1. The summed E-state index contributed by atoms with van der Waals surface area (Å²) in [4.78, 5) is 14.5. The summed E-state index contributed by atoms with van der Waals surface area (Å²) in [5.74, 6) is 0.276. The van der Waals surface area contributed by atoms with Crippen molar-refractivity contribution < 1.29 is 18.1 Å². The molecule has 0 bridgehead atoms. The lowest BCUT2D eigenvalue weighted by Crippen LogP contribution is -2.34. The van der Waals surface area contributed by atoms with Crippen molar-refractivity contribution in [3.05, 3.63) is 70.3 Å². The van der Waals surface area contributed by atoms with Crippen LogP contribution in [0.15, 0.2) is 62.3 Å². The molecule has 0 radical (unpaired) electrons. The van der Waals surface area contributed by atoms with Gasteiger partial charge in [-0.1, -0.05) is 17.3 Å². The van der Waals surface area contributed by atoms with Crippen LogP contribution in [0.3, 0.4) is 0 Å². The number of likely N-dealkylation sites (tertiary alicyclic amines) is 1. The second kappa shape index (κ2) is 8.51. The van der Waals surface area contributed by atoms with Crippen molar-refractivity contribution in [3.8, 4) is 5.95 Å². The zero-order valence-electron chi connectivity index (χ0n) is 17.1. The molecule has 0 spiro atoms. The van der Waals surface area contributed by atoms with Crippen molar-refractivity contribution in [1.29, 1.82) is 0 Å². The minimum absolute atomic E-state index is 0.0953. The average molecular weight is 422 g/mol. The number of benzene rings is 2. The molecule has 5 rings (SSSR count). The largest absolute Gasteiger partial charge is 0.465 e. The maximum Gasteiger partial charge on any atom is 0.288 e. The summed E-state index contributed by atoms with van der Waals surface area (Å²) in [5.41, 5.74) is 1.89. The molecular formula is C24H23FN2O4. The highest BCUT2D eigenvalue weighted by Gasteiger charge is 2.25. The maximum atomic E-state index is 13.4. The summed E-state index contributed by atoms with van der Waals surface area (Å²) in [5, 5.41) is 5.67. The van der Waals surface area contributed by atoms with Crippen LogP contribution in [0.4, 0.5) is 4.39 Å². The number of ether oxygens (including phenoxy) is 1. The highest BCUT2D eigenvalue weighted by Crippen LogP contribution is 2.32. The molecule has 31 heavy (non-hydrogen) atoms. The van der Waals surface area contributed by atoms with Gasteiger partial charge in [-0.25, -0.2) is 4.39 Å². The van der Waals surface area contributed by atoms with Gasteiger partial charge in [0.1, 0.15) is 11.4 Å². The van der Waals surface area contributed by atoms with Gasteiger partial charge in [-0.2, -0.15) is 0 Å². The van der Waals surface area contributed by atoms with Crippen LogP contribution in [0.25, 0.3) is 21.9 Å². The standard InChI is InChI=1S/C24H23FN2O4/c25-17-6-7-19-22(14-17)31-26-24(19)16-8-11-27(12-9-16)10-3-13-29-23-15-20(28)18-4-1-2-5-21(18)30-23/h1-2,4-7,14-16H,3,8-13H2. The monoisotopic (exact) mass is 422 g/mol. The molecule has 1 fully saturated rings. The van der Waals surface area contributed by atoms with Crippen LogP contribution in [0.1, 0.15) is 30.9 Å². The van der Waals surface area contributed by atoms with E-state index < -0.39 is 0 Å². The number of hydrogen-bond donors (Lipinski definition) is 0. The average Bonchev–Trinajstić information content (AvgIpc) is 3.20. The van der Waals surface area contributed by atoms with Crippen molar-refractivity contribution in [1.82, 2.24) is 10.1 Å². The van der Waals surface area contributed by atoms with E-state index in [1.165, 1.54) is 18.2 Å². The lowest BCUT2D eigenvalue weighted by Gasteiger charge is -2.31. The molecule has 6 nitrogen and oxygen atoms in total. The van der Waals surface area contributed by atoms with Gasteiger partial charge in [0.15, 0.2) is 11.0 Å². The number of rotatable bonds is 6.